The summed E-state index contributed by atoms with van der Waals surface area (Å²) in [6.07, 6.45) is 5.12. The number of esters is 1. The van der Waals surface area contributed by atoms with Gasteiger partial charge in [-0.15, -0.1) is 0 Å². The number of fused-ring (bicyclic) bond motifs is 2. The Morgan fingerprint density at radius 1 is 1.24 bits per heavy atom. The van der Waals surface area contributed by atoms with Crippen LogP contribution in [-0.4, -0.2) is 47.5 Å². The van der Waals surface area contributed by atoms with Crippen LogP contribution in [0.2, 0.25) is 0 Å². The van der Waals surface area contributed by atoms with Gasteiger partial charge in [0.2, 0.25) is 5.91 Å². The van der Waals surface area contributed by atoms with Crippen molar-refractivity contribution in [3.63, 3.8) is 0 Å². The third kappa shape index (κ3) is 4.00. The van der Waals surface area contributed by atoms with Crippen molar-refractivity contribution in [1.29, 1.82) is 0 Å². The predicted molar refractivity (Wildman–Crippen MR) is 121 cm³/mol. The van der Waals surface area contributed by atoms with Crippen molar-refractivity contribution in [2.45, 2.75) is 19.8 Å². The zero-order valence-corrected chi connectivity index (χ0v) is 18.2. The van der Waals surface area contributed by atoms with Crippen LogP contribution < -0.4 is 5.32 Å². The maximum Gasteiger partial charge on any atom is 0.339 e. The number of furan rings is 1. The number of hydrogen-bond acceptors (Lipinski definition) is 6. The molecule has 1 fully saturated rings. The fourth-order valence-corrected chi connectivity index (χ4v) is 4.50. The highest BCUT2D eigenvalue weighted by Gasteiger charge is 2.30. The van der Waals surface area contributed by atoms with E-state index in [1.807, 2.05) is 42.5 Å². The molecule has 0 bridgehead atoms. The fourth-order valence-electron chi connectivity index (χ4n) is 4.50. The number of carbonyl (C=O) groups is 3. The SMILES string of the molecule is CC1C/C(=C/c2ccco2)c2nc3ccccc3c(C(=O)OCCN3C(=O)CNC3=O)c2C1. The van der Waals surface area contributed by atoms with Gasteiger partial charge in [-0.05, 0) is 54.2 Å². The standard InChI is InChI=1S/C25H23N3O5/c1-15-11-16(13-17-5-4-9-32-17)23-19(12-15)22(18-6-2-3-7-20(18)27-23)24(30)33-10-8-28-21(29)14-26-25(28)31/h2-7,9,13,15H,8,10-12,14H2,1H3,(H,26,31)/b16-13-. The van der Waals surface area contributed by atoms with E-state index >= 15 is 0 Å². The van der Waals surface area contributed by atoms with Gasteiger partial charge in [0.05, 0.1) is 36.1 Å². The average molecular weight is 445 g/mol. The van der Waals surface area contributed by atoms with E-state index < -0.39 is 12.0 Å². The number of hydrogen-bond donors (Lipinski definition) is 1. The van der Waals surface area contributed by atoms with Crippen molar-refractivity contribution in [1.82, 2.24) is 15.2 Å². The predicted octanol–water partition coefficient (Wildman–Crippen LogP) is 3.66. The van der Waals surface area contributed by atoms with Crippen LogP contribution >= 0.6 is 0 Å². The van der Waals surface area contributed by atoms with Gasteiger partial charge in [0.15, 0.2) is 0 Å². The van der Waals surface area contributed by atoms with Crippen LogP contribution in [0.3, 0.4) is 0 Å². The van der Waals surface area contributed by atoms with Crippen LogP contribution in [0.5, 0.6) is 0 Å². The number of aromatic nitrogens is 1. The van der Waals surface area contributed by atoms with Gasteiger partial charge < -0.3 is 14.5 Å². The molecule has 1 aromatic carbocycles. The molecule has 0 saturated carbocycles. The molecule has 2 aliphatic rings. The van der Waals surface area contributed by atoms with Gasteiger partial charge >= 0.3 is 12.0 Å². The van der Waals surface area contributed by atoms with Gasteiger partial charge in [-0.1, -0.05) is 25.1 Å². The van der Waals surface area contributed by atoms with Gasteiger partial charge in [0, 0.05) is 5.39 Å². The van der Waals surface area contributed by atoms with Crippen LogP contribution in [0.15, 0.2) is 47.1 Å². The summed E-state index contributed by atoms with van der Waals surface area (Å²) in [6.45, 7) is 2.05. The minimum Gasteiger partial charge on any atom is -0.465 e. The number of carbonyl (C=O) groups excluding carboxylic acids is 3. The number of para-hydroxylation sites is 1. The molecule has 8 heteroatoms. The summed E-state index contributed by atoms with van der Waals surface area (Å²) >= 11 is 0. The van der Waals surface area contributed by atoms with Crippen LogP contribution in [-0.2, 0) is 16.0 Å². The topological polar surface area (TPSA) is 102 Å². The quantitative estimate of drug-likeness (QED) is 0.475. The molecule has 168 valence electrons. The zero-order valence-electron chi connectivity index (χ0n) is 18.2. The Morgan fingerprint density at radius 2 is 2.09 bits per heavy atom. The number of amides is 3. The minimum atomic E-state index is -0.483. The molecule has 1 aliphatic heterocycles. The van der Waals surface area contributed by atoms with Gasteiger partial charge in [-0.25, -0.2) is 14.6 Å². The number of ether oxygens (including phenoxy) is 1. The van der Waals surface area contributed by atoms with Gasteiger partial charge in [-0.2, -0.15) is 0 Å². The van der Waals surface area contributed by atoms with E-state index in [1.54, 1.807) is 6.26 Å². The maximum atomic E-state index is 13.3. The third-order valence-corrected chi connectivity index (χ3v) is 5.97. The Hall–Kier alpha value is -3.94. The molecule has 3 aromatic rings. The number of rotatable bonds is 5. The second-order valence-electron chi connectivity index (χ2n) is 8.37. The number of pyridine rings is 1. The first-order valence-electron chi connectivity index (χ1n) is 10.9. The summed E-state index contributed by atoms with van der Waals surface area (Å²) in [6, 6.07) is 10.7. The Kier molecular flexibility index (Phi) is 5.42. The second kappa shape index (κ2) is 8.54. The molecule has 1 N–H and O–H groups in total. The van der Waals surface area contributed by atoms with Crippen molar-refractivity contribution >= 4 is 40.5 Å². The fraction of sp³-hybridized carbons (Fsp3) is 0.280. The van der Waals surface area contributed by atoms with Crippen LogP contribution in [0.1, 0.15) is 40.7 Å². The number of nitrogens with one attached hydrogen (secondary N) is 1. The molecular weight excluding hydrogens is 422 g/mol. The molecule has 1 atom stereocenters. The van der Waals surface area contributed by atoms with Crippen molar-refractivity contribution in [2.24, 2.45) is 5.92 Å². The number of imide groups is 1. The van der Waals surface area contributed by atoms with Crippen molar-refractivity contribution < 1.29 is 23.5 Å². The summed E-state index contributed by atoms with van der Waals surface area (Å²) in [5, 5.41) is 3.18. The van der Waals surface area contributed by atoms with Crippen LogP contribution in [0, 0.1) is 5.92 Å². The highest BCUT2D eigenvalue weighted by molar-refractivity contribution is 6.07. The minimum absolute atomic E-state index is 0.0155. The molecule has 3 heterocycles. The molecule has 3 amide bonds. The Balaban J connectivity index is 1.51. The van der Waals surface area contributed by atoms with E-state index in [-0.39, 0.29) is 25.6 Å². The van der Waals surface area contributed by atoms with E-state index in [0.29, 0.717) is 23.4 Å². The average Bonchev–Trinajstić information content (AvgIpc) is 3.42. The lowest BCUT2D eigenvalue weighted by Gasteiger charge is -2.26. The molecule has 0 radical (unpaired) electrons. The summed E-state index contributed by atoms with van der Waals surface area (Å²) in [5.74, 6) is 0.226. The highest BCUT2D eigenvalue weighted by Crippen LogP contribution is 2.38. The first-order chi connectivity index (χ1) is 16.0. The van der Waals surface area contributed by atoms with Gasteiger partial charge in [0.25, 0.3) is 0 Å². The van der Waals surface area contributed by atoms with Crippen molar-refractivity contribution in [3.05, 3.63) is 65.2 Å². The molecular formula is C25H23N3O5. The van der Waals surface area contributed by atoms with E-state index in [0.717, 1.165) is 39.3 Å². The Morgan fingerprint density at radius 3 is 2.85 bits per heavy atom. The van der Waals surface area contributed by atoms with E-state index in [9.17, 15) is 14.4 Å². The van der Waals surface area contributed by atoms with E-state index in [4.69, 9.17) is 14.1 Å². The highest BCUT2D eigenvalue weighted by atomic mass is 16.5. The molecule has 5 rings (SSSR count). The summed E-state index contributed by atoms with van der Waals surface area (Å²) in [5.41, 5.74) is 3.84. The summed E-state index contributed by atoms with van der Waals surface area (Å²) in [4.78, 5) is 42.8. The van der Waals surface area contributed by atoms with Gasteiger partial charge in [-0.3, -0.25) is 9.69 Å². The number of nitrogens with zero attached hydrogens (tertiary/aromatic N) is 2. The Labute approximate surface area is 190 Å². The molecule has 2 aromatic heterocycles. The van der Waals surface area contributed by atoms with Crippen molar-refractivity contribution in [2.75, 3.05) is 19.7 Å². The first-order valence-corrected chi connectivity index (χ1v) is 10.9. The zero-order chi connectivity index (χ0) is 22.9. The van der Waals surface area contributed by atoms with Crippen LogP contribution in [0.4, 0.5) is 4.79 Å². The molecule has 1 unspecified atom stereocenters. The van der Waals surface area contributed by atoms with Gasteiger partial charge in [0.1, 0.15) is 12.4 Å². The lowest BCUT2D eigenvalue weighted by Crippen LogP contribution is -2.34. The smallest absolute Gasteiger partial charge is 0.339 e. The number of benzene rings is 1. The number of urea groups is 1. The normalized spacial score (nSPS) is 19.1. The Bertz CT molecular complexity index is 1260. The maximum absolute atomic E-state index is 13.3. The number of allylic oxidation sites excluding steroid dienone is 1. The molecule has 8 nitrogen and oxygen atoms in total. The monoisotopic (exact) mass is 445 g/mol. The largest absolute Gasteiger partial charge is 0.465 e. The summed E-state index contributed by atoms with van der Waals surface area (Å²) in [7, 11) is 0. The third-order valence-electron chi connectivity index (χ3n) is 5.97. The lowest BCUT2D eigenvalue weighted by molar-refractivity contribution is -0.125. The van der Waals surface area contributed by atoms with E-state index in [1.165, 1.54) is 0 Å². The van der Waals surface area contributed by atoms with E-state index in [2.05, 4.69) is 12.2 Å². The van der Waals surface area contributed by atoms with Crippen molar-refractivity contribution in [3.8, 4) is 0 Å². The first kappa shape index (κ1) is 20.9. The molecule has 33 heavy (non-hydrogen) atoms. The molecule has 1 aliphatic carbocycles. The molecule has 0 spiro atoms. The van der Waals surface area contributed by atoms with Crippen LogP contribution in [0.25, 0.3) is 22.6 Å². The second-order valence-corrected chi connectivity index (χ2v) is 8.37. The lowest BCUT2D eigenvalue weighted by atomic mass is 9.81. The summed E-state index contributed by atoms with van der Waals surface area (Å²) < 4.78 is 11.1. The molecule has 1 saturated heterocycles.